The van der Waals surface area contributed by atoms with E-state index in [2.05, 4.69) is 0 Å². The Morgan fingerprint density at radius 1 is 1.40 bits per heavy atom. The SMILES string of the molecule is COC(=O)C1CN(C(=O)c2ccc(N)cc2Cl)CC1C. The minimum Gasteiger partial charge on any atom is -0.469 e. The molecule has 0 aliphatic carbocycles. The van der Waals surface area contributed by atoms with Crippen LogP contribution < -0.4 is 5.73 Å². The van der Waals surface area contributed by atoms with Gasteiger partial charge in [-0.2, -0.15) is 0 Å². The van der Waals surface area contributed by atoms with Crippen molar-refractivity contribution in [3.63, 3.8) is 0 Å². The summed E-state index contributed by atoms with van der Waals surface area (Å²) in [6.07, 6.45) is 0. The van der Waals surface area contributed by atoms with Crippen molar-refractivity contribution in [1.29, 1.82) is 0 Å². The molecule has 2 unspecified atom stereocenters. The van der Waals surface area contributed by atoms with Crippen molar-refractivity contribution < 1.29 is 14.3 Å². The minimum absolute atomic E-state index is 0.0685. The van der Waals surface area contributed by atoms with Gasteiger partial charge in [0.05, 0.1) is 23.6 Å². The van der Waals surface area contributed by atoms with Crippen LogP contribution >= 0.6 is 11.6 Å². The van der Waals surface area contributed by atoms with E-state index in [1.807, 2.05) is 6.92 Å². The lowest BCUT2D eigenvalue weighted by Crippen LogP contribution is -2.30. The molecule has 20 heavy (non-hydrogen) atoms. The fourth-order valence-corrected chi connectivity index (χ4v) is 2.74. The standard InChI is InChI=1S/C14H17ClN2O3/c1-8-6-17(7-11(8)14(19)20-2)13(18)10-4-3-9(16)5-12(10)15/h3-5,8,11H,6-7,16H2,1-2H3. The number of carbonyl (C=O) groups excluding carboxylic acids is 2. The number of hydrogen-bond acceptors (Lipinski definition) is 4. The molecule has 2 atom stereocenters. The van der Waals surface area contributed by atoms with Crippen molar-refractivity contribution in [2.24, 2.45) is 11.8 Å². The average molecular weight is 297 g/mol. The predicted octanol–water partition coefficient (Wildman–Crippen LogP) is 1.80. The maximum absolute atomic E-state index is 12.4. The highest BCUT2D eigenvalue weighted by atomic mass is 35.5. The summed E-state index contributed by atoms with van der Waals surface area (Å²) in [7, 11) is 1.36. The topological polar surface area (TPSA) is 72.6 Å². The van der Waals surface area contributed by atoms with Gasteiger partial charge in [0.15, 0.2) is 0 Å². The highest BCUT2D eigenvalue weighted by Crippen LogP contribution is 2.28. The van der Waals surface area contributed by atoms with Crippen molar-refractivity contribution in [2.75, 3.05) is 25.9 Å². The van der Waals surface area contributed by atoms with Crippen molar-refractivity contribution in [3.05, 3.63) is 28.8 Å². The fraction of sp³-hybridized carbons (Fsp3) is 0.429. The summed E-state index contributed by atoms with van der Waals surface area (Å²) in [6, 6.07) is 4.79. The van der Waals surface area contributed by atoms with E-state index in [4.69, 9.17) is 22.1 Å². The Kier molecular flexibility index (Phi) is 4.18. The lowest BCUT2D eigenvalue weighted by Gasteiger charge is -2.17. The number of methoxy groups -OCH3 is 1. The molecular weight excluding hydrogens is 280 g/mol. The van der Waals surface area contributed by atoms with Crippen LogP contribution in [0, 0.1) is 11.8 Å². The number of nitrogen functional groups attached to an aromatic ring is 1. The maximum Gasteiger partial charge on any atom is 0.310 e. The molecule has 1 aromatic rings. The number of halogens is 1. The Labute approximate surface area is 122 Å². The van der Waals surface area contributed by atoms with Gasteiger partial charge in [0, 0.05) is 18.8 Å². The fourth-order valence-electron chi connectivity index (χ4n) is 2.47. The van der Waals surface area contributed by atoms with Crippen LogP contribution in [0.3, 0.4) is 0 Å². The number of esters is 1. The molecule has 6 heteroatoms. The van der Waals surface area contributed by atoms with Gasteiger partial charge in [-0.25, -0.2) is 0 Å². The quantitative estimate of drug-likeness (QED) is 0.667. The second-order valence-corrected chi connectivity index (χ2v) is 5.46. The molecule has 108 valence electrons. The lowest BCUT2D eigenvalue weighted by atomic mass is 9.99. The molecule has 1 aromatic carbocycles. The first kappa shape index (κ1) is 14.7. The van der Waals surface area contributed by atoms with Crippen LogP contribution in [-0.4, -0.2) is 37.0 Å². The zero-order valence-electron chi connectivity index (χ0n) is 11.4. The summed E-state index contributed by atoms with van der Waals surface area (Å²) >= 11 is 6.05. The molecule has 0 aromatic heterocycles. The van der Waals surface area contributed by atoms with E-state index in [0.29, 0.717) is 29.4 Å². The number of ether oxygens (including phenoxy) is 1. The zero-order valence-corrected chi connectivity index (χ0v) is 12.2. The van der Waals surface area contributed by atoms with Gasteiger partial charge in [0.2, 0.25) is 0 Å². The molecule has 1 heterocycles. The minimum atomic E-state index is -0.281. The maximum atomic E-state index is 12.4. The summed E-state index contributed by atoms with van der Waals surface area (Å²) in [5.74, 6) is -0.681. The Morgan fingerprint density at radius 2 is 2.10 bits per heavy atom. The average Bonchev–Trinajstić information content (AvgIpc) is 2.79. The smallest absolute Gasteiger partial charge is 0.310 e. The number of nitrogens with zero attached hydrogens (tertiary/aromatic N) is 1. The number of rotatable bonds is 2. The summed E-state index contributed by atoms with van der Waals surface area (Å²) in [5.41, 5.74) is 6.52. The van der Waals surface area contributed by atoms with Crippen LogP contribution in [-0.2, 0) is 9.53 Å². The molecule has 1 aliphatic heterocycles. The van der Waals surface area contributed by atoms with Crippen LogP contribution in [0.5, 0.6) is 0 Å². The van der Waals surface area contributed by atoms with Crippen molar-refractivity contribution in [1.82, 2.24) is 4.90 Å². The first-order valence-corrected chi connectivity index (χ1v) is 6.74. The molecule has 1 aliphatic rings. The van der Waals surface area contributed by atoms with Gasteiger partial charge in [-0.15, -0.1) is 0 Å². The van der Waals surface area contributed by atoms with Gasteiger partial charge in [-0.1, -0.05) is 18.5 Å². The molecular formula is C14H17ClN2O3. The molecule has 2 rings (SSSR count). The summed E-state index contributed by atoms with van der Waals surface area (Å²) < 4.78 is 4.76. The second-order valence-electron chi connectivity index (χ2n) is 5.06. The normalized spacial score (nSPS) is 21.9. The van der Waals surface area contributed by atoms with Gasteiger partial charge in [-0.3, -0.25) is 9.59 Å². The lowest BCUT2D eigenvalue weighted by molar-refractivity contribution is -0.146. The van der Waals surface area contributed by atoms with E-state index in [0.717, 1.165) is 0 Å². The number of hydrogen-bond donors (Lipinski definition) is 1. The molecule has 0 radical (unpaired) electrons. The highest BCUT2D eigenvalue weighted by Gasteiger charge is 2.38. The molecule has 0 spiro atoms. The number of anilines is 1. The third kappa shape index (κ3) is 2.72. The van der Waals surface area contributed by atoms with Gasteiger partial charge in [0.25, 0.3) is 5.91 Å². The number of benzene rings is 1. The first-order chi connectivity index (χ1) is 9.43. The van der Waals surface area contributed by atoms with E-state index in [-0.39, 0.29) is 23.7 Å². The van der Waals surface area contributed by atoms with E-state index in [1.165, 1.54) is 7.11 Å². The van der Waals surface area contributed by atoms with E-state index < -0.39 is 0 Å². The van der Waals surface area contributed by atoms with E-state index >= 15 is 0 Å². The van der Waals surface area contributed by atoms with Gasteiger partial charge >= 0.3 is 5.97 Å². The second kappa shape index (κ2) is 5.71. The predicted molar refractivity (Wildman–Crippen MR) is 76.4 cm³/mol. The molecule has 0 bridgehead atoms. The molecule has 1 fully saturated rings. The van der Waals surface area contributed by atoms with Crippen molar-refractivity contribution in [2.45, 2.75) is 6.92 Å². The van der Waals surface area contributed by atoms with Crippen LogP contribution in [0.4, 0.5) is 5.69 Å². The summed E-state index contributed by atoms with van der Waals surface area (Å²) in [6.45, 7) is 2.80. The molecule has 1 saturated heterocycles. The molecule has 5 nitrogen and oxygen atoms in total. The molecule has 2 N–H and O–H groups in total. The van der Waals surface area contributed by atoms with Gasteiger partial charge < -0.3 is 15.4 Å². The third-order valence-corrected chi connectivity index (χ3v) is 3.94. The Hall–Kier alpha value is -1.75. The van der Waals surface area contributed by atoms with Crippen molar-refractivity contribution >= 4 is 29.2 Å². The van der Waals surface area contributed by atoms with Gasteiger partial charge in [-0.05, 0) is 24.1 Å². The molecule has 1 amide bonds. The van der Waals surface area contributed by atoms with Gasteiger partial charge in [0.1, 0.15) is 0 Å². The third-order valence-electron chi connectivity index (χ3n) is 3.63. The summed E-state index contributed by atoms with van der Waals surface area (Å²) in [4.78, 5) is 25.7. The monoisotopic (exact) mass is 296 g/mol. The van der Waals surface area contributed by atoms with Crippen molar-refractivity contribution in [3.8, 4) is 0 Å². The highest BCUT2D eigenvalue weighted by molar-refractivity contribution is 6.34. The Balaban J connectivity index is 2.17. The molecule has 0 saturated carbocycles. The number of likely N-dealkylation sites (tertiary alicyclic amines) is 1. The van der Waals surface area contributed by atoms with Crippen LogP contribution in [0.15, 0.2) is 18.2 Å². The van der Waals surface area contributed by atoms with E-state index in [9.17, 15) is 9.59 Å². The zero-order chi connectivity index (χ0) is 14.9. The largest absolute Gasteiger partial charge is 0.469 e. The Morgan fingerprint density at radius 3 is 2.70 bits per heavy atom. The number of carbonyl (C=O) groups is 2. The summed E-state index contributed by atoms with van der Waals surface area (Å²) in [5, 5.41) is 0.323. The van der Waals surface area contributed by atoms with E-state index in [1.54, 1.807) is 23.1 Å². The van der Waals surface area contributed by atoms with Crippen LogP contribution in [0.1, 0.15) is 17.3 Å². The first-order valence-electron chi connectivity index (χ1n) is 6.36. The van der Waals surface area contributed by atoms with Crippen LogP contribution in [0.25, 0.3) is 0 Å². The number of nitrogens with two attached hydrogens (primary N) is 1. The number of amides is 1. The Bertz CT molecular complexity index is 547. The van der Waals surface area contributed by atoms with Crippen LogP contribution in [0.2, 0.25) is 5.02 Å².